The van der Waals surface area contributed by atoms with Crippen LogP contribution in [0, 0.1) is 0 Å². The predicted octanol–water partition coefficient (Wildman–Crippen LogP) is 1.76. The number of carbonyl (C=O) groups excluding carboxylic acids is 1. The van der Waals surface area contributed by atoms with E-state index in [-0.39, 0.29) is 5.91 Å². The Morgan fingerprint density at radius 2 is 2.19 bits per heavy atom. The first-order valence-corrected chi connectivity index (χ1v) is 8.42. The monoisotopic (exact) mass is 311 g/mol. The number of anilines is 2. The Balaban J connectivity index is 1.78. The van der Waals surface area contributed by atoms with Gasteiger partial charge in [-0.15, -0.1) is 0 Å². The highest BCUT2D eigenvalue weighted by Gasteiger charge is 2.20. The van der Waals surface area contributed by atoms with Gasteiger partial charge in [0.1, 0.15) is 10.7 Å². The maximum absolute atomic E-state index is 12.1. The summed E-state index contributed by atoms with van der Waals surface area (Å²) in [6, 6.07) is 0.677. The Morgan fingerprint density at radius 1 is 1.48 bits per heavy atom. The molecular formula is C14H25N5OS. The number of nitrogen functional groups attached to an aromatic ring is 1. The third kappa shape index (κ3) is 4.31. The van der Waals surface area contributed by atoms with E-state index in [1.807, 2.05) is 6.92 Å². The summed E-state index contributed by atoms with van der Waals surface area (Å²) in [6.07, 6.45) is 5.20. The van der Waals surface area contributed by atoms with Crippen LogP contribution in [0.15, 0.2) is 0 Å². The van der Waals surface area contributed by atoms with E-state index in [1.54, 1.807) is 0 Å². The van der Waals surface area contributed by atoms with Crippen LogP contribution in [0.5, 0.6) is 0 Å². The minimum absolute atomic E-state index is 0.131. The van der Waals surface area contributed by atoms with E-state index < -0.39 is 0 Å². The van der Waals surface area contributed by atoms with Crippen LogP contribution >= 0.6 is 11.3 Å². The lowest BCUT2D eigenvalue weighted by Gasteiger charge is -2.23. The third-order valence-electron chi connectivity index (χ3n) is 3.89. The lowest BCUT2D eigenvalue weighted by Crippen LogP contribution is -2.37. The van der Waals surface area contributed by atoms with E-state index in [9.17, 15) is 4.79 Å². The Hall–Kier alpha value is -1.34. The molecule has 1 aliphatic rings. The number of likely N-dealkylation sites (N-methyl/N-ethyl adjacent to an activating group) is 1. The number of hydrogen-bond acceptors (Lipinski definition) is 6. The van der Waals surface area contributed by atoms with Crippen molar-refractivity contribution in [2.45, 2.75) is 38.6 Å². The van der Waals surface area contributed by atoms with Gasteiger partial charge in [-0.25, -0.2) is 4.98 Å². The summed E-state index contributed by atoms with van der Waals surface area (Å²) < 4.78 is 0. The molecule has 1 aliphatic carbocycles. The lowest BCUT2D eigenvalue weighted by atomic mass is 10.2. The van der Waals surface area contributed by atoms with Gasteiger partial charge in [0.2, 0.25) is 0 Å². The van der Waals surface area contributed by atoms with E-state index >= 15 is 0 Å². The topological polar surface area (TPSA) is 83.3 Å². The molecule has 1 fully saturated rings. The molecule has 1 heterocycles. The van der Waals surface area contributed by atoms with E-state index in [2.05, 4.69) is 27.6 Å². The summed E-state index contributed by atoms with van der Waals surface area (Å²) in [5, 5.41) is 6.70. The zero-order chi connectivity index (χ0) is 15.2. The number of nitrogens with zero attached hydrogens (tertiary/aromatic N) is 2. The van der Waals surface area contributed by atoms with Crippen molar-refractivity contribution < 1.29 is 4.79 Å². The molecule has 2 rings (SSSR count). The lowest BCUT2D eigenvalue weighted by molar-refractivity contribution is 0.0952. The molecule has 0 radical (unpaired) electrons. The van der Waals surface area contributed by atoms with Crippen molar-refractivity contribution in [3.05, 3.63) is 4.88 Å². The second-order valence-electron chi connectivity index (χ2n) is 5.44. The molecule has 0 bridgehead atoms. The van der Waals surface area contributed by atoms with Crippen molar-refractivity contribution in [3.63, 3.8) is 0 Å². The van der Waals surface area contributed by atoms with Gasteiger partial charge in [0, 0.05) is 25.7 Å². The number of hydrogen-bond donors (Lipinski definition) is 3. The Labute approximate surface area is 130 Å². The maximum atomic E-state index is 12.1. The molecular weight excluding hydrogens is 286 g/mol. The second-order valence-corrected chi connectivity index (χ2v) is 6.44. The van der Waals surface area contributed by atoms with Crippen LogP contribution in [0.25, 0.3) is 0 Å². The van der Waals surface area contributed by atoms with Crippen LogP contribution in [0.1, 0.15) is 42.3 Å². The van der Waals surface area contributed by atoms with Gasteiger partial charge >= 0.3 is 0 Å². The van der Waals surface area contributed by atoms with Crippen molar-refractivity contribution in [2.24, 2.45) is 0 Å². The Kier molecular flexibility index (Phi) is 5.81. The number of aromatic nitrogens is 1. The molecule has 0 unspecified atom stereocenters. The molecule has 1 saturated carbocycles. The van der Waals surface area contributed by atoms with Gasteiger partial charge in [0.05, 0.1) is 0 Å². The van der Waals surface area contributed by atoms with Crippen LogP contribution in [-0.4, -0.2) is 48.5 Å². The zero-order valence-corrected chi connectivity index (χ0v) is 13.6. The fourth-order valence-corrected chi connectivity index (χ4v) is 3.54. The van der Waals surface area contributed by atoms with Gasteiger partial charge in [-0.1, -0.05) is 24.2 Å². The largest absolute Gasteiger partial charge is 0.382 e. The first kappa shape index (κ1) is 16.0. The molecule has 4 N–H and O–H groups in total. The minimum atomic E-state index is -0.131. The quantitative estimate of drug-likeness (QED) is 0.715. The molecule has 118 valence electrons. The molecule has 21 heavy (non-hydrogen) atoms. The van der Waals surface area contributed by atoms with Crippen LogP contribution in [0.2, 0.25) is 0 Å². The Bertz CT molecular complexity index is 470. The average Bonchev–Trinajstić information content (AvgIpc) is 3.08. The SMILES string of the molecule is CCNc1nc(N)c(C(=O)NCCN(C)C2CCCC2)s1. The van der Waals surface area contributed by atoms with Crippen LogP contribution in [0.3, 0.4) is 0 Å². The second kappa shape index (κ2) is 7.61. The van der Waals surface area contributed by atoms with Crippen molar-refractivity contribution >= 4 is 28.2 Å². The summed E-state index contributed by atoms with van der Waals surface area (Å²) in [6.45, 7) is 4.26. The average molecular weight is 311 g/mol. The smallest absolute Gasteiger partial charge is 0.265 e. The van der Waals surface area contributed by atoms with Crippen molar-refractivity contribution in [1.29, 1.82) is 0 Å². The van der Waals surface area contributed by atoms with Gasteiger partial charge < -0.3 is 21.3 Å². The third-order valence-corrected chi connectivity index (χ3v) is 4.91. The molecule has 1 aromatic rings. The molecule has 0 saturated heterocycles. The predicted molar refractivity (Wildman–Crippen MR) is 87.9 cm³/mol. The van der Waals surface area contributed by atoms with Crippen molar-refractivity contribution in [3.8, 4) is 0 Å². The molecule has 0 spiro atoms. The molecule has 0 aliphatic heterocycles. The molecule has 1 amide bonds. The molecule has 1 aromatic heterocycles. The summed E-state index contributed by atoms with van der Waals surface area (Å²) in [4.78, 5) is 19.1. The maximum Gasteiger partial charge on any atom is 0.265 e. The molecule has 6 nitrogen and oxygen atoms in total. The summed E-state index contributed by atoms with van der Waals surface area (Å²) >= 11 is 1.30. The number of nitrogens with two attached hydrogens (primary N) is 1. The number of carbonyl (C=O) groups is 1. The zero-order valence-electron chi connectivity index (χ0n) is 12.8. The van der Waals surface area contributed by atoms with E-state index in [0.717, 1.165) is 13.1 Å². The van der Waals surface area contributed by atoms with Crippen molar-refractivity contribution in [1.82, 2.24) is 15.2 Å². The fraction of sp³-hybridized carbons (Fsp3) is 0.714. The molecule has 0 aromatic carbocycles. The number of rotatable bonds is 7. The summed E-state index contributed by atoms with van der Waals surface area (Å²) in [5.74, 6) is 0.173. The summed E-state index contributed by atoms with van der Waals surface area (Å²) in [5.41, 5.74) is 5.79. The molecule has 7 heteroatoms. The fourth-order valence-electron chi connectivity index (χ4n) is 2.68. The highest BCUT2D eigenvalue weighted by atomic mass is 32.1. The Morgan fingerprint density at radius 3 is 2.86 bits per heavy atom. The van der Waals surface area contributed by atoms with Gasteiger partial charge in [-0.3, -0.25) is 4.79 Å². The highest BCUT2D eigenvalue weighted by molar-refractivity contribution is 7.18. The van der Waals surface area contributed by atoms with Crippen LogP contribution in [0.4, 0.5) is 10.9 Å². The van der Waals surface area contributed by atoms with Crippen LogP contribution in [-0.2, 0) is 0 Å². The normalized spacial score (nSPS) is 15.6. The van der Waals surface area contributed by atoms with Gasteiger partial charge in [0.15, 0.2) is 5.13 Å². The standard InChI is InChI=1S/C14H25N5OS/c1-3-16-14-18-12(15)11(21-14)13(20)17-8-9-19(2)10-6-4-5-7-10/h10H,3-9,15H2,1-2H3,(H,16,18)(H,17,20). The van der Waals surface area contributed by atoms with Gasteiger partial charge in [0.25, 0.3) is 5.91 Å². The number of nitrogens with one attached hydrogen (secondary N) is 2. The number of thiazole rings is 1. The van der Waals surface area contributed by atoms with E-state index in [0.29, 0.717) is 28.4 Å². The van der Waals surface area contributed by atoms with Crippen LogP contribution < -0.4 is 16.4 Å². The first-order chi connectivity index (χ1) is 10.1. The van der Waals surface area contributed by atoms with Gasteiger partial charge in [-0.2, -0.15) is 0 Å². The summed E-state index contributed by atoms with van der Waals surface area (Å²) in [7, 11) is 2.13. The van der Waals surface area contributed by atoms with E-state index in [1.165, 1.54) is 37.0 Å². The highest BCUT2D eigenvalue weighted by Crippen LogP contribution is 2.24. The van der Waals surface area contributed by atoms with Crippen molar-refractivity contribution in [2.75, 3.05) is 37.7 Å². The number of amides is 1. The molecule has 0 atom stereocenters. The van der Waals surface area contributed by atoms with Gasteiger partial charge in [-0.05, 0) is 26.8 Å². The van der Waals surface area contributed by atoms with E-state index in [4.69, 9.17) is 5.73 Å². The first-order valence-electron chi connectivity index (χ1n) is 7.60. The minimum Gasteiger partial charge on any atom is -0.382 e.